The number of aliphatic hydroxyl groups excluding tert-OH is 7. The maximum absolute atomic E-state index is 10.6. The van der Waals surface area contributed by atoms with Gasteiger partial charge >= 0.3 is 0 Å². The van der Waals surface area contributed by atoms with E-state index in [-0.39, 0.29) is 0 Å². The molecule has 2 aliphatic heterocycles. The van der Waals surface area contributed by atoms with E-state index < -0.39 is 74.6 Å². The van der Waals surface area contributed by atoms with Gasteiger partial charge in [0.2, 0.25) is 0 Å². The van der Waals surface area contributed by atoms with Crippen molar-refractivity contribution in [1.82, 2.24) is 0 Å². The largest absolute Gasteiger partial charge is 0.394 e. The van der Waals surface area contributed by atoms with Gasteiger partial charge in [-0.3, -0.25) is 0 Å². The van der Waals surface area contributed by atoms with E-state index in [1.54, 1.807) is 0 Å². The van der Waals surface area contributed by atoms with Gasteiger partial charge in [0.1, 0.15) is 48.8 Å². The highest BCUT2D eigenvalue weighted by atomic mass is 16.7. The Balaban J connectivity index is 1.45. The lowest BCUT2D eigenvalue weighted by atomic mass is 9.86. The molecule has 3 fully saturated rings. The van der Waals surface area contributed by atoms with Gasteiger partial charge in [0.25, 0.3) is 0 Å². The van der Waals surface area contributed by atoms with Crippen molar-refractivity contribution in [3.8, 4) is 0 Å². The molecule has 3 rings (SSSR count). The first-order valence-electron chi connectivity index (χ1n) is 12.6. The molecule has 11 heteroatoms. The van der Waals surface area contributed by atoms with Gasteiger partial charge in [0, 0.05) is 6.61 Å². The molecular weight excluding hydrogens is 452 g/mol. The van der Waals surface area contributed by atoms with Crippen LogP contribution < -0.4 is 0 Å². The molecule has 0 aromatic heterocycles. The van der Waals surface area contributed by atoms with Crippen LogP contribution in [0, 0.1) is 5.92 Å². The molecule has 2 heterocycles. The van der Waals surface area contributed by atoms with Gasteiger partial charge < -0.3 is 54.7 Å². The minimum absolute atomic E-state index is 0.329. The molecule has 0 bridgehead atoms. The van der Waals surface area contributed by atoms with Crippen LogP contribution in [0.3, 0.4) is 0 Å². The van der Waals surface area contributed by atoms with Crippen LogP contribution >= 0.6 is 0 Å². The molecule has 0 amide bonds. The quantitative estimate of drug-likeness (QED) is 0.171. The summed E-state index contributed by atoms with van der Waals surface area (Å²) in [7, 11) is 0. The number of hydrogen-bond donors (Lipinski definition) is 7. The van der Waals surface area contributed by atoms with E-state index in [4.69, 9.17) is 18.9 Å². The fourth-order valence-corrected chi connectivity index (χ4v) is 5.08. The predicted molar refractivity (Wildman–Crippen MR) is 117 cm³/mol. The summed E-state index contributed by atoms with van der Waals surface area (Å²) in [6.07, 6.45) is -3.49. The third-order valence-corrected chi connectivity index (χ3v) is 7.22. The summed E-state index contributed by atoms with van der Waals surface area (Å²) in [5, 5.41) is 70.2. The van der Waals surface area contributed by atoms with E-state index in [9.17, 15) is 35.7 Å². The molecule has 0 aromatic rings. The molecule has 2 saturated heterocycles. The van der Waals surface area contributed by atoms with E-state index >= 15 is 0 Å². The number of unbranched alkanes of at least 4 members (excludes halogenated alkanes) is 2. The van der Waals surface area contributed by atoms with Crippen LogP contribution in [0.2, 0.25) is 0 Å². The smallest absolute Gasteiger partial charge is 0.187 e. The van der Waals surface area contributed by atoms with Gasteiger partial charge in [-0.15, -0.1) is 0 Å². The summed E-state index contributed by atoms with van der Waals surface area (Å²) in [6.45, 7) is -0.889. The molecule has 3 aliphatic rings. The number of ether oxygens (including phenoxy) is 4. The Kier molecular flexibility index (Phi) is 11.4. The predicted octanol–water partition coefficient (Wildman–Crippen LogP) is -1.23. The molecule has 6 unspecified atom stereocenters. The topological polar surface area (TPSA) is 179 Å². The second-order valence-corrected chi connectivity index (χ2v) is 9.73. The maximum atomic E-state index is 10.6. The molecule has 200 valence electrons. The summed E-state index contributed by atoms with van der Waals surface area (Å²) in [5.74, 6) is 0.833. The monoisotopic (exact) mass is 494 g/mol. The van der Waals surface area contributed by atoms with Gasteiger partial charge in [-0.25, -0.2) is 0 Å². The molecule has 11 nitrogen and oxygen atoms in total. The van der Waals surface area contributed by atoms with Crippen LogP contribution in [0.1, 0.15) is 57.8 Å². The fourth-order valence-electron chi connectivity index (χ4n) is 5.08. The minimum Gasteiger partial charge on any atom is -0.394 e. The van der Waals surface area contributed by atoms with Gasteiger partial charge in [0.15, 0.2) is 12.6 Å². The molecule has 7 N–H and O–H groups in total. The normalized spacial score (nSPS) is 42.1. The summed E-state index contributed by atoms with van der Waals surface area (Å²) >= 11 is 0. The third-order valence-electron chi connectivity index (χ3n) is 7.22. The van der Waals surface area contributed by atoms with E-state index in [1.807, 2.05) is 0 Å². The lowest BCUT2D eigenvalue weighted by molar-refractivity contribution is -0.359. The Morgan fingerprint density at radius 1 is 0.647 bits per heavy atom. The Labute approximate surface area is 200 Å². The Morgan fingerprint density at radius 3 is 1.97 bits per heavy atom. The first-order chi connectivity index (χ1) is 16.4. The zero-order valence-corrected chi connectivity index (χ0v) is 19.6. The van der Waals surface area contributed by atoms with Crippen LogP contribution in [-0.4, -0.2) is 117 Å². The van der Waals surface area contributed by atoms with E-state index in [2.05, 4.69) is 0 Å². The highest BCUT2D eigenvalue weighted by Crippen LogP contribution is 2.30. The number of rotatable bonds is 11. The Morgan fingerprint density at radius 2 is 1.29 bits per heavy atom. The van der Waals surface area contributed by atoms with Crippen LogP contribution in [0.25, 0.3) is 0 Å². The zero-order chi connectivity index (χ0) is 24.7. The van der Waals surface area contributed by atoms with Crippen LogP contribution in [-0.2, 0) is 18.9 Å². The lowest BCUT2D eigenvalue weighted by Gasteiger charge is -2.45. The fraction of sp³-hybridized carbons (Fsp3) is 1.00. The van der Waals surface area contributed by atoms with Gasteiger partial charge in [-0.2, -0.15) is 0 Å². The summed E-state index contributed by atoms with van der Waals surface area (Å²) in [5.41, 5.74) is 0. The van der Waals surface area contributed by atoms with E-state index in [0.29, 0.717) is 6.61 Å². The van der Waals surface area contributed by atoms with Crippen molar-refractivity contribution in [2.75, 3.05) is 19.8 Å². The van der Waals surface area contributed by atoms with Crippen molar-refractivity contribution >= 4 is 0 Å². The standard InChI is InChI=1S/C23H42O11/c24-11-14-16(26)17(27)19(29)23(32-14)34-21-15(12-25)33-22(20(30)18(21)28)31-10-6-2-5-9-13-7-3-1-4-8-13/h13-30H,1-12H2/t14?,15?,16-,17?,18?,19?,20?,21-,22-,23-/m1/s1. The highest BCUT2D eigenvalue weighted by Gasteiger charge is 2.50. The Hall–Kier alpha value is -0.440. The second-order valence-electron chi connectivity index (χ2n) is 9.73. The van der Waals surface area contributed by atoms with Gasteiger partial charge in [-0.1, -0.05) is 51.4 Å². The average molecular weight is 495 g/mol. The molecule has 0 aromatic carbocycles. The minimum atomic E-state index is -1.69. The zero-order valence-electron chi connectivity index (χ0n) is 19.6. The summed E-state index contributed by atoms with van der Waals surface area (Å²) < 4.78 is 22.1. The van der Waals surface area contributed by atoms with Crippen molar-refractivity contribution in [2.24, 2.45) is 5.92 Å². The van der Waals surface area contributed by atoms with Crippen molar-refractivity contribution < 1.29 is 54.7 Å². The average Bonchev–Trinajstić information content (AvgIpc) is 2.85. The summed E-state index contributed by atoms with van der Waals surface area (Å²) in [4.78, 5) is 0. The lowest BCUT2D eigenvalue weighted by Crippen LogP contribution is -2.64. The highest BCUT2D eigenvalue weighted by molar-refractivity contribution is 4.94. The molecule has 0 spiro atoms. The molecule has 1 aliphatic carbocycles. The van der Waals surface area contributed by atoms with E-state index in [1.165, 1.54) is 38.5 Å². The maximum Gasteiger partial charge on any atom is 0.187 e. The first kappa shape index (κ1) is 28.1. The van der Waals surface area contributed by atoms with Crippen LogP contribution in [0.15, 0.2) is 0 Å². The summed E-state index contributed by atoms with van der Waals surface area (Å²) in [6, 6.07) is 0. The molecule has 10 atom stereocenters. The first-order valence-corrected chi connectivity index (χ1v) is 12.6. The molecular formula is C23H42O11. The van der Waals surface area contributed by atoms with Gasteiger partial charge in [-0.05, 0) is 12.3 Å². The number of aliphatic hydroxyl groups is 7. The number of hydrogen-bond acceptors (Lipinski definition) is 11. The van der Waals surface area contributed by atoms with Crippen LogP contribution in [0.5, 0.6) is 0 Å². The van der Waals surface area contributed by atoms with Crippen molar-refractivity contribution in [2.45, 2.75) is 119 Å². The van der Waals surface area contributed by atoms with Crippen molar-refractivity contribution in [3.63, 3.8) is 0 Å². The second kappa shape index (κ2) is 13.8. The molecule has 34 heavy (non-hydrogen) atoms. The molecule has 1 saturated carbocycles. The van der Waals surface area contributed by atoms with Crippen molar-refractivity contribution in [3.05, 3.63) is 0 Å². The van der Waals surface area contributed by atoms with E-state index in [0.717, 1.165) is 25.2 Å². The van der Waals surface area contributed by atoms with Crippen LogP contribution in [0.4, 0.5) is 0 Å². The van der Waals surface area contributed by atoms with Gasteiger partial charge in [0.05, 0.1) is 13.2 Å². The molecule has 0 radical (unpaired) electrons. The van der Waals surface area contributed by atoms with Crippen molar-refractivity contribution in [1.29, 1.82) is 0 Å². The Bertz CT molecular complexity index is 571. The third kappa shape index (κ3) is 7.07. The SMILES string of the molecule is OCC1O[C@H](O[C@@H]2C(CO)O[C@@H](OCCCCCC3CCCCC3)C(O)C2O)C(O)C(O)[C@@H]1O.